The molecule has 4 heteroatoms. The van der Waals surface area contributed by atoms with E-state index in [1.165, 1.54) is 63.1 Å². The standard InChI is InChI=1S/C43H69NO.2C2H5N/c1-9-36-40(45)27-41(36,6)17-10-20-44-30(5)12-11-29(4)22-31-15-18-42(7)34(24-31)13-14-35-37(42)16-19-43(8)38-25-32(21-28(2)3)23-33(38)26-39(35)43;1-3-2;1-2-3/h10,13,17,28,31-33,35-40,44-45H,4-5,9,11-12,14-16,18-27H2,1-3,6-8H3;1H2,2H3;2H,1,3H2. The number of nitrogens with zero attached hydrogens (tertiary/aromatic N) is 1. The second kappa shape index (κ2) is 17.8. The maximum absolute atomic E-state index is 10.1. The number of aliphatic hydroxyl groups excluding tert-OH is 1. The number of hydrogen-bond acceptors (Lipinski definition) is 4. The van der Waals surface area contributed by atoms with Crippen LogP contribution in [0.2, 0.25) is 0 Å². The van der Waals surface area contributed by atoms with E-state index in [1.54, 1.807) is 26.3 Å². The van der Waals surface area contributed by atoms with Crippen LogP contribution in [-0.4, -0.2) is 31.5 Å². The number of hydrogen-bond donors (Lipinski definition) is 3. The fourth-order valence-electron chi connectivity index (χ4n) is 13.1. The first kappa shape index (κ1) is 41.7. The number of nitrogens with two attached hydrogens (primary N) is 1. The van der Waals surface area contributed by atoms with E-state index in [1.807, 2.05) is 5.57 Å². The van der Waals surface area contributed by atoms with Crippen LogP contribution in [0.25, 0.3) is 0 Å². The molecule has 0 saturated heterocycles. The molecule has 0 heterocycles. The Morgan fingerprint density at radius 1 is 1.06 bits per heavy atom. The SMILES string of the molecule is C=C(CCC(=C)NCC=CC1(C)CC(O)C1CC)CC1CCC2(C)C(=CCC3C2CCC2(C)C4CC(CC(C)C)CC4CC32)C1.C=CN.C=NC. The molecule has 0 spiro atoms. The van der Waals surface area contributed by atoms with Crippen LogP contribution >= 0.6 is 0 Å². The van der Waals surface area contributed by atoms with Crippen LogP contribution in [0.4, 0.5) is 0 Å². The molecule has 4 N–H and O–H groups in total. The molecule has 6 aliphatic carbocycles. The second-order valence-electron chi connectivity index (χ2n) is 19.2. The molecule has 0 radical (unpaired) electrons. The summed E-state index contributed by atoms with van der Waals surface area (Å²) in [6.45, 7) is 30.7. The third-order valence-electron chi connectivity index (χ3n) is 15.4. The van der Waals surface area contributed by atoms with E-state index in [2.05, 4.69) is 102 Å². The van der Waals surface area contributed by atoms with Gasteiger partial charge in [0.05, 0.1) is 6.10 Å². The fraction of sp³-hybridized carbons (Fsp3) is 0.766. The van der Waals surface area contributed by atoms with Crippen molar-refractivity contribution in [2.24, 2.45) is 80.2 Å². The number of rotatable bonds is 12. The zero-order chi connectivity index (χ0) is 37.6. The zero-order valence-corrected chi connectivity index (χ0v) is 34.2. The minimum Gasteiger partial charge on any atom is -0.405 e. The summed E-state index contributed by atoms with van der Waals surface area (Å²) in [5.74, 6) is 7.97. The fourth-order valence-corrected chi connectivity index (χ4v) is 13.1. The Hall–Kier alpha value is -2.07. The molecule has 51 heavy (non-hydrogen) atoms. The van der Waals surface area contributed by atoms with E-state index in [-0.39, 0.29) is 11.5 Å². The molecule has 6 rings (SSSR count). The first-order valence-electron chi connectivity index (χ1n) is 21.0. The van der Waals surface area contributed by atoms with E-state index in [9.17, 15) is 5.11 Å². The van der Waals surface area contributed by atoms with Crippen molar-refractivity contribution in [3.05, 3.63) is 61.0 Å². The molecule has 5 fully saturated rings. The van der Waals surface area contributed by atoms with Crippen molar-refractivity contribution in [1.82, 2.24) is 5.32 Å². The number of fused-ring (bicyclic) bond motifs is 7. The molecule has 0 aromatic carbocycles. The average Bonchev–Trinajstić information content (AvgIpc) is 3.58. The molecule has 0 bridgehead atoms. The van der Waals surface area contributed by atoms with Gasteiger partial charge in [-0.2, -0.15) is 0 Å². The largest absolute Gasteiger partial charge is 0.405 e. The van der Waals surface area contributed by atoms with E-state index >= 15 is 0 Å². The van der Waals surface area contributed by atoms with Gasteiger partial charge in [0.25, 0.3) is 0 Å². The van der Waals surface area contributed by atoms with Gasteiger partial charge in [0, 0.05) is 19.3 Å². The highest BCUT2D eigenvalue weighted by Gasteiger charge is 2.62. The zero-order valence-electron chi connectivity index (χ0n) is 34.2. The van der Waals surface area contributed by atoms with Gasteiger partial charge >= 0.3 is 0 Å². The van der Waals surface area contributed by atoms with Gasteiger partial charge in [0.2, 0.25) is 0 Å². The highest BCUT2D eigenvalue weighted by Crippen LogP contribution is 2.70. The summed E-state index contributed by atoms with van der Waals surface area (Å²) in [7, 11) is 1.64. The lowest BCUT2D eigenvalue weighted by atomic mass is 9.46. The number of nitrogens with one attached hydrogen (secondary N) is 1. The highest BCUT2D eigenvalue weighted by molar-refractivity contribution is 5.26. The molecular formula is C47H79N3O. The Morgan fingerprint density at radius 2 is 1.76 bits per heavy atom. The minimum atomic E-state index is -0.124. The lowest BCUT2D eigenvalue weighted by Crippen LogP contribution is -2.50. The first-order valence-corrected chi connectivity index (χ1v) is 21.0. The van der Waals surface area contributed by atoms with E-state index in [4.69, 9.17) is 0 Å². The summed E-state index contributed by atoms with van der Waals surface area (Å²) in [5, 5.41) is 13.6. The molecule has 12 unspecified atom stereocenters. The van der Waals surface area contributed by atoms with E-state index in [0.29, 0.717) is 16.7 Å². The summed E-state index contributed by atoms with van der Waals surface area (Å²) in [6, 6.07) is 0. The van der Waals surface area contributed by atoms with Crippen molar-refractivity contribution >= 4 is 6.72 Å². The minimum absolute atomic E-state index is 0.124. The second-order valence-corrected chi connectivity index (χ2v) is 19.2. The van der Waals surface area contributed by atoms with Gasteiger partial charge in [-0.3, -0.25) is 0 Å². The van der Waals surface area contributed by atoms with Crippen molar-refractivity contribution in [3.8, 4) is 0 Å². The summed E-state index contributed by atoms with van der Waals surface area (Å²) in [4.78, 5) is 3.25. The molecule has 6 aliphatic rings. The van der Waals surface area contributed by atoms with Crippen LogP contribution in [0.1, 0.15) is 138 Å². The van der Waals surface area contributed by atoms with Gasteiger partial charge in [-0.1, -0.05) is 97.1 Å². The Kier molecular flexibility index (Phi) is 14.6. The molecule has 0 amide bonds. The third-order valence-corrected chi connectivity index (χ3v) is 15.4. The molecule has 5 saturated carbocycles. The average molecular weight is 702 g/mol. The van der Waals surface area contributed by atoms with Crippen molar-refractivity contribution in [2.75, 3.05) is 13.6 Å². The monoisotopic (exact) mass is 702 g/mol. The van der Waals surface area contributed by atoms with Crippen LogP contribution in [0, 0.1) is 69.5 Å². The smallest absolute Gasteiger partial charge is 0.0584 e. The molecule has 0 aliphatic heterocycles. The van der Waals surface area contributed by atoms with Gasteiger partial charge in [0.1, 0.15) is 0 Å². The van der Waals surface area contributed by atoms with Crippen LogP contribution in [0.3, 0.4) is 0 Å². The van der Waals surface area contributed by atoms with Crippen molar-refractivity contribution < 1.29 is 5.11 Å². The maximum Gasteiger partial charge on any atom is 0.0584 e. The van der Waals surface area contributed by atoms with Crippen molar-refractivity contribution in [2.45, 2.75) is 144 Å². The predicted molar refractivity (Wildman–Crippen MR) is 221 cm³/mol. The lowest BCUT2D eigenvalue weighted by Gasteiger charge is -2.58. The Morgan fingerprint density at radius 3 is 2.41 bits per heavy atom. The maximum atomic E-state index is 10.1. The lowest BCUT2D eigenvalue weighted by molar-refractivity contribution is -0.0707. The summed E-state index contributed by atoms with van der Waals surface area (Å²) < 4.78 is 0. The first-order chi connectivity index (χ1) is 24.2. The Labute approximate surface area is 315 Å². The van der Waals surface area contributed by atoms with E-state index in [0.717, 1.165) is 85.3 Å². The quantitative estimate of drug-likeness (QED) is 0.140. The van der Waals surface area contributed by atoms with Crippen molar-refractivity contribution in [1.29, 1.82) is 0 Å². The topological polar surface area (TPSA) is 70.6 Å². The Bertz CT molecular complexity index is 1260. The van der Waals surface area contributed by atoms with Crippen molar-refractivity contribution in [3.63, 3.8) is 0 Å². The van der Waals surface area contributed by atoms with Gasteiger partial charge in [0.15, 0.2) is 0 Å². The highest BCUT2D eigenvalue weighted by atomic mass is 16.3. The number of aliphatic hydroxyl groups is 1. The molecule has 12 atom stereocenters. The molecular weight excluding hydrogens is 623 g/mol. The summed E-state index contributed by atoms with van der Waals surface area (Å²) in [5.41, 5.74) is 10.2. The van der Waals surface area contributed by atoms with E-state index < -0.39 is 0 Å². The third kappa shape index (κ3) is 9.18. The molecule has 4 nitrogen and oxygen atoms in total. The van der Waals surface area contributed by atoms with Gasteiger partial charge in [-0.25, -0.2) is 0 Å². The number of allylic oxidation sites excluding steroid dienone is 5. The van der Waals surface area contributed by atoms with Crippen LogP contribution < -0.4 is 11.1 Å². The van der Waals surface area contributed by atoms with Gasteiger partial charge in [-0.05, 0) is 172 Å². The van der Waals surface area contributed by atoms with Crippen LogP contribution in [0.15, 0.2) is 66.0 Å². The molecule has 0 aromatic heterocycles. The summed E-state index contributed by atoms with van der Waals surface area (Å²) >= 11 is 0. The normalized spacial score (nSPS) is 40.5. The molecule has 288 valence electrons. The van der Waals surface area contributed by atoms with Gasteiger partial charge in [-0.15, -0.1) is 0 Å². The summed E-state index contributed by atoms with van der Waals surface area (Å²) in [6.07, 6.45) is 28.2. The number of aliphatic imine (C=N–C) groups is 1. The van der Waals surface area contributed by atoms with Crippen LogP contribution in [-0.2, 0) is 0 Å². The molecule has 0 aromatic rings. The predicted octanol–water partition coefficient (Wildman–Crippen LogP) is 11.5. The van der Waals surface area contributed by atoms with Crippen LogP contribution in [0.5, 0.6) is 0 Å². The Balaban J connectivity index is 0.000000909. The van der Waals surface area contributed by atoms with Gasteiger partial charge < -0.3 is 21.1 Å².